The molecule has 0 aliphatic carbocycles. The number of thiocarbonyl (C=S) groups is 1. The monoisotopic (exact) mass is 320 g/mol. The van der Waals surface area contributed by atoms with E-state index in [1.807, 2.05) is 0 Å². The molecule has 0 bridgehead atoms. The van der Waals surface area contributed by atoms with Crippen LogP contribution in [0.25, 0.3) is 0 Å². The van der Waals surface area contributed by atoms with Crippen molar-refractivity contribution < 1.29 is 9.53 Å². The van der Waals surface area contributed by atoms with Gasteiger partial charge in [0.2, 0.25) is 0 Å². The number of methoxy groups -OCH3 is 1. The zero-order valence-corrected chi connectivity index (χ0v) is 12.7. The molecule has 0 saturated heterocycles. The quantitative estimate of drug-likeness (QED) is 0.495. The minimum Gasteiger partial charge on any atom is -0.469 e. The van der Waals surface area contributed by atoms with Gasteiger partial charge in [-0.2, -0.15) is 0 Å². The van der Waals surface area contributed by atoms with Gasteiger partial charge in [0.25, 0.3) is 0 Å². The molecule has 104 valence electrons. The molecule has 7 heteroatoms. The normalized spacial score (nSPS) is 9.84. The van der Waals surface area contributed by atoms with Crippen molar-refractivity contribution in [2.24, 2.45) is 0 Å². The van der Waals surface area contributed by atoms with Crippen LogP contribution < -0.4 is 10.6 Å². The van der Waals surface area contributed by atoms with Crippen LogP contribution in [0.4, 0.5) is 5.69 Å². The Hall–Kier alpha value is -1.04. The van der Waals surface area contributed by atoms with E-state index >= 15 is 0 Å². The largest absolute Gasteiger partial charge is 0.469 e. The number of ether oxygens (including phenoxy) is 1. The number of hydrogen-bond donors (Lipinski definition) is 2. The van der Waals surface area contributed by atoms with Crippen LogP contribution in [0, 0.1) is 0 Å². The van der Waals surface area contributed by atoms with Crippen LogP contribution in [0.5, 0.6) is 0 Å². The van der Waals surface area contributed by atoms with E-state index in [1.165, 1.54) is 7.11 Å². The predicted molar refractivity (Wildman–Crippen MR) is 81.9 cm³/mol. The smallest absolute Gasteiger partial charge is 0.305 e. The molecule has 1 rings (SSSR count). The van der Waals surface area contributed by atoms with E-state index in [0.29, 0.717) is 40.2 Å². The van der Waals surface area contributed by atoms with Crippen LogP contribution in [0.3, 0.4) is 0 Å². The SMILES string of the molecule is COC(=O)CCCNC(=S)Nc1cc(Cl)cc(Cl)c1. The van der Waals surface area contributed by atoms with Gasteiger partial charge in [0, 0.05) is 28.7 Å². The third kappa shape index (κ3) is 6.61. The molecule has 1 aromatic rings. The summed E-state index contributed by atoms with van der Waals surface area (Å²) in [5.41, 5.74) is 0.711. The lowest BCUT2D eigenvalue weighted by molar-refractivity contribution is -0.140. The molecule has 0 unspecified atom stereocenters. The van der Waals surface area contributed by atoms with Gasteiger partial charge in [0.05, 0.1) is 7.11 Å². The second-order valence-electron chi connectivity index (χ2n) is 3.72. The lowest BCUT2D eigenvalue weighted by atomic mass is 10.3. The van der Waals surface area contributed by atoms with Gasteiger partial charge >= 0.3 is 5.97 Å². The van der Waals surface area contributed by atoms with Gasteiger partial charge in [0.1, 0.15) is 0 Å². The topological polar surface area (TPSA) is 50.4 Å². The molecule has 0 heterocycles. The Morgan fingerprint density at radius 3 is 2.53 bits per heavy atom. The number of anilines is 1. The summed E-state index contributed by atoms with van der Waals surface area (Å²) in [5, 5.41) is 7.45. The lowest BCUT2D eigenvalue weighted by Gasteiger charge is -2.10. The third-order valence-corrected chi connectivity index (χ3v) is 2.87. The van der Waals surface area contributed by atoms with Crippen molar-refractivity contribution in [3.63, 3.8) is 0 Å². The predicted octanol–water partition coefficient (Wildman–Crippen LogP) is 3.23. The molecule has 0 aliphatic heterocycles. The van der Waals surface area contributed by atoms with Crippen molar-refractivity contribution in [3.05, 3.63) is 28.2 Å². The summed E-state index contributed by atoms with van der Waals surface area (Å²) >= 11 is 16.8. The number of benzene rings is 1. The molecule has 0 aromatic heterocycles. The zero-order chi connectivity index (χ0) is 14.3. The van der Waals surface area contributed by atoms with E-state index in [2.05, 4.69) is 15.4 Å². The van der Waals surface area contributed by atoms with Crippen molar-refractivity contribution in [2.75, 3.05) is 19.0 Å². The molecular weight excluding hydrogens is 307 g/mol. The molecule has 4 nitrogen and oxygen atoms in total. The summed E-state index contributed by atoms with van der Waals surface area (Å²) in [6.07, 6.45) is 1.000. The Morgan fingerprint density at radius 2 is 1.95 bits per heavy atom. The summed E-state index contributed by atoms with van der Waals surface area (Å²) < 4.78 is 4.53. The maximum absolute atomic E-state index is 10.9. The van der Waals surface area contributed by atoms with E-state index in [4.69, 9.17) is 35.4 Å². The Balaban J connectivity index is 2.33. The molecule has 2 N–H and O–H groups in total. The Labute approximate surface area is 127 Å². The molecule has 0 fully saturated rings. The van der Waals surface area contributed by atoms with Gasteiger partial charge in [-0.1, -0.05) is 23.2 Å². The second-order valence-corrected chi connectivity index (χ2v) is 5.00. The summed E-state index contributed by atoms with van der Waals surface area (Å²) in [7, 11) is 1.37. The molecule has 0 radical (unpaired) electrons. The van der Waals surface area contributed by atoms with Crippen molar-refractivity contribution >= 4 is 52.2 Å². The number of rotatable bonds is 5. The van der Waals surface area contributed by atoms with Crippen LogP contribution in [-0.2, 0) is 9.53 Å². The van der Waals surface area contributed by atoms with Gasteiger partial charge in [-0.3, -0.25) is 4.79 Å². The minimum absolute atomic E-state index is 0.234. The average Bonchev–Trinajstić information content (AvgIpc) is 2.33. The summed E-state index contributed by atoms with van der Waals surface area (Å²) in [6, 6.07) is 5.08. The molecule has 1 aromatic carbocycles. The summed E-state index contributed by atoms with van der Waals surface area (Å²) in [6.45, 7) is 0.579. The number of nitrogens with one attached hydrogen (secondary N) is 2. The summed E-state index contributed by atoms with van der Waals surface area (Å²) in [4.78, 5) is 10.9. The fourth-order valence-corrected chi connectivity index (χ4v) is 2.08. The van der Waals surface area contributed by atoms with Gasteiger partial charge < -0.3 is 15.4 Å². The molecule has 19 heavy (non-hydrogen) atoms. The first-order valence-electron chi connectivity index (χ1n) is 5.59. The third-order valence-electron chi connectivity index (χ3n) is 2.19. The Bertz CT molecular complexity index is 449. The van der Waals surface area contributed by atoms with Crippen molar-refractivity contribution in [1.29, 1.82) is 0 Å². The van der Waals surface area contributed by atoms with Crippen LogP contribution in [-0.4, -0.2) is 24.7 Å². The van der Waals surface area contributed by atoms with E-state index in [9.17, 15) is 4.79 Å². The summed E-state index contributed by atoms with van der Waals surface area (Å²) in [5.74, 6) is -0.234. The van der Waals surface area contributed by atoms with Crippen LogP contribution in [0.2, 0.25) is 10.0 Å². The number of esters is 1. The highest BCUT2D eigenvalue weighted by Crippen LogP contribution is 2.22. The van der Waals surface area contributed by atoms with Crippen LogP contribution in [0.1, 0.15) is 12.8 Å². The van der Waals surface area contributed by atoms with Crippen molar-refractivity contribution in [2.45, 2.75) is 12.8 Å². The molecule has 0 spiro atoms. The highest BCUT2D eigenvalue weighted by atomic mass is 35.5. The zero-order valence-electron chi connectivity index (χ0n) is 10.3. The average molecular weight is 321 g/mol. The maximum atomic E-state index is 10.9. The van der Waals surface area contributed by atoms with Gasteiger partial charge in [-0.05, 0) is 36.8 Å². The maximum Gasteiger partial charge on any atom is 0.305 e. The van der Waals surface area contributed by atoms with E-state index in [-0.39, 0.29) is 5.97 Å². The fourth-order valence-electron chi connectivity index (χ4n) is 1.34. The molecule has 0 saturated carbocycles. The highest BCUT2D eigenvalue weighted by Gasteiger charge is 2.02. The Morgan fingerprint density at radius 1 is 1.32 bits per heavy atom. The number of hydrogen-bond acceptors (Lipinski definition) is 3. The first-order valence-corrected chi connectivity index (χ1v) is 6.75. The van der Waals surface area contributed by atoms with E-state index < -0.39 is 0 Å². The molecule has 0 amide bonds. The number of halogens is 2. The molecular formula is C12H14Cl2N2O2S. The van der Waals surface area contributed by atoms with Crippen molar-refractivity contribution in [3.8, 4) is 0 Å². The molecule has 0 aliphatic rings. The van der Waals surface area contributed by atoms with Gasteiger partial charge in [-0.15, -0.1) is 0 Å². The van der Waals surface area contributed by atoms with Crippen LogP contribution >= 0.6 is 35.4 Å². The van der Waals surface area contributed by atoms with E-state index in [0.717, 1.165) is 0 Å². The van der Waals surface area contributed by atoms with Gasteiger partial charge in [0.15, 0.2) is 5.11 Å². The highest BCUT2D eigenvalue weighted by molar-refractivity contribution is 7.80. The first kappa shape index (κ1) is 16.0. The second kappa shape index (κ2) is 8.19. The lowest BCUT2D eigenvalue weighted by Crippen LogP contribution is -2.29. The number of carbonyl (C=O) groups excluding carboxylic acids is 1. The first-order chi connectivity index (χ1) is 9.01. The van der Waals surface area contributed by atoms with E-state index in [1.54, 1.807) is 18.2 Å². The fraction of sp³-hybridized carbons (Fsp3) is 0.333. The van der Waals surface area contributed by atoms with Crippen LogP contribution in [0.15, 0.2) is 18.2 Å². The minimum atomic E-state index is -0.234. The van der Waals surface area contributed by atoms with Crippen molar-refractivity contribution in [1.82, 2.24) is 5.32 Å². The molecule has 0 atom stereocenters. The van der Waals surface area contributed by atoms with Gasteiger partial charge in [-0.25, -0.2) is 0 Å². The Kier molecular flexibility index (Phi) is 6.91. The number of carbonyl (C=O) groups is 1. The standard InChI is InChI=1S/C12H14Cl2N2O2S/c1-18-11(17)3-2-4-15-12(19)16-10-6-8(13)5-9(14)7-10/h5-7H,2-4H2,1H3,(H2,15,16,19).